The van der Waals surface area contributed by atoms with Crippen molar-refractivity contribution in [1.82, 2.24) is 4.57 Å². The van der Waals surface area contributed by atoms with E-state index in [-0.39, 0.29) is 5.75 Å². The summed E-state index contributed by atoms with van der Waals surface area (Å²) < 4.78 is 9.43. The lowest BCUT2D eigenvalue weighted by atomic mass is 10.1. The van der Waals surface area contributed by atoms with E-state index in [2.05, 4.69) is 22.8 Å². The van der Waals surface area contributed by atoms with E-state index in [9.17, 15) is 5.11 Å². The number of phenols is 1. The highest BCUT2D eigenvalue weighted by Crippen LogP contribution is 2.48. The Hall–Kier alpha value is -3.58. The van der Waals surface area contributed by atoms with Crippen molar-refractivity contribution in [3.05, 3.63) is 84.6 Å². The zero-order valence-corrected chi connectivity index (χ0v) is 18.1. The van der Waals surface area contributed by atoms with Crippen molar-refractivity contribution in [1.29, 1.82) is 0 Å². The number of aromatic nitrogens is 1. The molecule has 3 N–H and O–H groups in total. The molecule has 0 spiro atoms. The van der Waals surface area contributed by atoms with Crippen LogP contribution in [0.25, 0.3) is 37.5 Å². The second kappa shape index (κ2) is 8.16. The molecule has 5 nitrogen and oxygen atoms in total. The van der Waals surface area contributed by atoms with E-state index >= 15 is 0 Å². The Balaban J connectivity index is 1.62. The van der Waals surface area contributed by atoms with E-state index in [1.54, 1.807) is 29.5 Å². The maximum atomic E-state index is 10.0. The highest BCUT2D eigenvalue weighted by atomic mass is 32.1. The molecule has 2 heterocycles. The lowest BCUT2D eigenvalue weighted by Crippen LogP contribution is -1.96. The van der Waals surface area contributed by atoms with Crippen LogP contribution >= 0.6 is 11.3 Å². The molecule has 160 valence electrons. The predicted molar refractivity (Wildman–Crippen MR) is 129 cm³/mol. The first-order chi connectivity index (χ1) is 15.5. The molecular formula is C26H21NO4S. The van der Waals surface area contributed by atoms with Crippen LogP contribution in [0.1, 0.15) is 5.56 Å². The number of aliphatic hydroxyl groups excluding tert-OH is 1. The number of nitrogens with zero attached hydrogens (tertiary/aromatic N) is 1. The summed E-state index contributed by atoms with van der Waals surface area (Å²) in [6.07, 6.45) is 3.50. The van der Waals surface area contributed by atoms with Gasteiger partial charge in [-0.3, -0.25) is 0 Å². The Morgan fingerprint density at radius 3 is 2.56 bits per heavy atom. The van der Waals surface area contributed by atoms with Gasteiger partial charge in [-0.15, -0.1) is 11.3 Å². The fraction of sp³-hybridized carbons (Fsp3) is 0.0769. The molecule has 0 bridgehead atoms. The number of phenolic OH excluding ortho intramolecular Hbond substituents is 1. The van der Waals surface area contributed by atoms with Crippen LogP contribution in [0.5, 0.6) is 17.2 Å². The van der Waals surface area contributed by atoms with Gasteiger partial charge in [0.25, 0.3) is 0 Å². The van der Waals surface area contributed by atoms with Crippen molar-refractivity contribution in [2.45, 2.75) is 6.29 Å². The van der Waals surface area contributed by atoms with Gasteiger partial charge in [0.1, 0.15) is 11.5 Å². The average Bonchev–Trinajstić information content (AvgIpc) is 3.33. The van der Waals surface area contributed by atoms with Crippen molar-refractivity contribution in [3.8, 4) is 27.7 Å². The fourth-order valence-corrected chi connectivity index (χ4v) is 5.01. The van der Waals surface area contributed by atoms with E-state index < -0.39 is 6.29 Å². The van der Waals surface area contributed by atoms with Gasteiger partial charge < -0.3 is 24.6 Å². The number of aromatic hydroxyl groups is 1. The number of aliphatic hydroxyl groups is 2. The van der Waals surface area contributed by atoms with Gasteiger partial charge in [0.05, 0.1) is 4.88 Å². The molecule has 0 unspecified atom stereocenters. The van der Waals surface area contributed by atoms with Gasteiger partial charge in [0.2, 0.25) is 0 Å². The molecular weight excluding hydrogens is 422 g/mol. The van der Waals surface area contributed by atoms with Crippen molar-refractivity contribution < 1.29 is 20.1 Å². The topological polar surface area (TPSA) is 74.9 Å². The van der Waals surface area contributed by atoms with E-state index in [1.807, 2.05) is 49.6 Å². The first-order valence-electron chi connectivity index (χ1n) is 10.1. The summed E-state index contributed by atoms with van der Waals surface area (Å²) in [4.78, 5) is 0.995. The summed E-state index contributed by atoms with van der Waals surface area (Å²) in [7, 11) is 2.03. The highest BCUT2D eigenvalue weighted by Gasteiger charge is 2.19. The summed E-state index contributed by atoms with van der Waals surface area (Å²) in [6, 6.07) is 21.0. The van der Waals surface area contributed by atoms with E-state index in [0.29, 0.717) is 5.75 Å². The first kappa shape index (κ1) is 20.3. The number of fused-ring (bicyclic) bond motifs is 2. The molecule has 0 atom stereocenters. The molecule has 0 aliphatic heterocycles. The minimum atomic E-state index is -1.48. The van der Waals surface area contributed by atoms with Crippen LogP contribution in [0.4, 0.5) is 0 Å². The van der Waals surface area contributed by atoms with Crippen LogP contribution in [0, 0.1) is 0 Å². The second-order valence-corrected chi connectivity index (χ2v) is 8.60. The fourth-order valence-electron chi connectivity index (χ4n) is 3.80. The normalized spacial score (nSPS) is 11.9. The molecule has 0 aliphatic carbocycles. The SMILES string of the molecule is Cn1ccc2c(-c3sc4cc(O)ccc4c3Oc3ccc(/C=C/C(O)O)cc3)cccc21. The molecule has 3 aromatic carbocycles. The third-order valence-corrected chi connectivity index (χ3v) is 6.53. The number of hydrogen-bond donors (Lipinski definition) is 3. The van der Waals surface area contributed by atoms with Crippen LogP contribution < -0.4 is 4.74 Å². The van der Waals surface area contributed by atoms with Crippen molar-refractivity contribution in [3.63, 3.8) is 0 Å². The molecule has 0 fully saturated rings. The summed E-state index contributed by atoms with van der Waals surface area (Å²) in [5.41, 5.74) is 3.05. The summed E-state index contributed by atoms with van der Waals surface area (Å²) in [6.45, 7) is 0. The summed E-state index contributed by atoms with van der Waals surface area (Å²) in [5, 5.41) is 30.1. The Kier molecular flexibility index (Phi) is 5.19. The Bertz CT molecular complexity index is 1440. The minimum Gasteiger partial charge on any atom is -0.508 e. The number of benzene rings is 3. The molecule has 5 rings (SSSR count). The van der Waals surface area contributed by atoms with Crippen LogP contribution in [0.3, 0.4) is 0 Å². The maximum absolute atomic E-state index is 10.0. The number of ether oxygens (including phenoxy) is 1. The molecule has 6 heteroatoms. The second-order valence-electron chi connectivity index (χ2n) is 7.55. The van der Waals surface area contributed by atoms with Gasteiger partial charge in [-0.1, -0.05) is 30.3 Å². The lowest BCUT2D eigenvalue weighted by Gasteiger charge is -2.10. The summed E-state index contributed by atoms with van der Waals surface area (Å²) in [5.74, 6) is 1.63. The first-order valence-corrected chi connectivity index (χ1v) is 10.9. The van der Waals surface area contributed by atoms with Gasteiger partial charge >= 0.3 is 0 Å². The van der Waals surface area contributed by atoms with E-state index in [0.717, 1.165) is 42.7 Å². The molecule has 0 saturated carbocycles. The van der Waals surface area contributed by atoms with Gasteiger partial charge in [0.15, 0.2) is 12.0 Å². The smallest absolute Gasteiger partial charge is 0.171 e. The number of aryl methyl sites for hydroxylation is 1. The van der Waals surface area contributed by atoms with Crippen LogP contribution in [-0.2, 0) is 7.05 Å². The molecule has 0 aliphatic rings. The third kappa shape index (κ3) is 3.76. The van der Waals surface area contributed by atoms with Gasteiger partial charge in [0, 0.05) is 39.8 Å². The average molecular weight is 444 g/mol. The zero-order chi connectivity index (χ0) is 22.2. The molecule has 0 radical (unpaired) electrons. The van der Waals surface area contributed by atoms with E-state index in [1.165, 1.54) is 6.08 Å². The maximum Gasteiger partial charge on any atom is 0.171 e. The molecule has 32 heavy (non-hydrogen) atoms. The van der Waals surface area contributed by atoms with Crippen molar-refractivity contribution >= 4 is 38.4 Å². The van der Waals surface area contributed by atoms with Crippen LogP contribution in [0.15, 0.2) is 79.0 Å². The van der Waals surface area contributed by atoms with Crippen LogP contribution in [-0.4, -0.2) is 26.2 Å². The third-order valence-electron chi connectivity index (χ3n) is 5.36. The Morgan fingerprint density at radius 2 is 1.78 bits per heavy atom. The van der Waals surface area contributed by atoms with Gasteiger partial charge in [-0.25, -0.2) is 0 Å². The summed E-state index contributed by atoms with van der Waals surface area (Å²) >= 11 is 1.59. The standard InChI is InChI=1S/C26H21NO4S/c1-27-14-13-19-20(3-2-4-22(19)27)26-25(21-11-8-17(28)15-23(21)32-26)31-18-9-5-16(6-10-18)7-12-24(29)30/h2-15,24,28-30H,1H3/b12-7+. The number of rotatable bonds is 5. The molecule has 2 aromatic heterocycles. The highest BCUT2D eigenvalue weighted by molar-refractivity contribution is 7.22. The molecule has 0 saturated heterocycles. The lowest BCUT2D eigenvalue weighted by molar-refractivity contribution is 0.00303. The predicted octanol–water partition coefficient (Wildman–Crippen LogP) is 5.88. The Morgan fingerprint density at radius 1 is 0.969 bits per heavy atom. The molecule has 0 amide bonds. The number of thiophene rings is 1. The quantitative estimate of drug-likeness (QED) is 0.297. The minimum absolute atomic E-state index is 0.219. The van der Waals surface area contributed by atoms with Crippen molar-refractivity contribution in [2.24, 2.45) is 7.05 Å². The largest absolute Gasteiger partial charge is 0.508 e. The van der Waals surface area contributed by atoms with Gasteiger partial charge in [-0.2, -0.15) is 0 Å². The monoisotopic (exact) mass is 443 g/mol. The van der Waals surface area contributed by atoms with Crippen molar-refractivity contribution in [2.75, 3.05) is 0 Å². The van der Waals surface area contributed by atoms with Gasteiger partial charge in [-0.05, 0) is 54.1 Å². The van der Waals surface area contributed by atoms with Crippen LogP contribution in [0.2, 0.25) is 0 Å². The number of hydrogen-bond acceptors (Lipinski definition) is 5. The van der Waals surface area contributed by atoms with E-state index in [4.69, 9.17) is 14.9 Å². The Labute approximate surface area is 188 Å². The zero-order valence-electron chi connectivity index (χ0n) is 17.3. The molecule has 5 aromatic rings.